The van der Waals surface area contributed by atoms with Crippen LogP contribution in [0.4, 0.5) is 5.13 Å². The molecule has 2 N–H and O–H groups in total. The minimum Gasteiger partial charge on any atom is -0.345 e. The number of benzene rings is 2. The average Bonchev–Trinajstić information content (AvgIpc) is 3.39. The molecule has 0 radical (unpaired) electrons. The normalized spacial score (nSPS) is 10.8. The number of halogens is 1. The molecule has 33 heavy (non-hydrogen) atoms. The first-order chi connectivity index (χ1) is 16.0. The number of thioether (sulfide) groups is 1. The predicted molar refractivity (Wildman–Crippen MR) is 132 cm³/mol. The van der Waals surface area contributed by atoms with Crippen LogP contribution in [0.3, 0.4) is 0 Å². The van der Waals surface area contributed by atoms with Crippen LogP contribution in [0.15, 0.2) is 66.3 Å². The van der Waals surface area contributed by atoms with E-state index in [1.165, 1.54) is 23.1 Å². The third-order valence-corrected chi connectivity index (χ3v) is 6.63. The van der Waals surface area contributed by atoms with Crippen molar-refractivity contribution in [3.63, 3.8) is 0 Å². The molecule has 0 saturated heterocycles. The average molecular weight is 499 g/mol. The van der Waals surface area contributed by atoms with Crippen molar-refractivity contribution in [2.24, 2.45) is 0 Å². The van der Waals surface area contributed by atoms with E-state index in [2.05, 4.69) is 32.4 Å². The van der Waals surface area contributed by atoms with Crippen molar-refractivity contribution < 1.29 is 9.59 Å². The van der Waals surface area contributed by atoms with Gasteiger partial charge in [-0.25, -0.2) is 4.98 Å². The Morgan fingerprint density at radius 3 is 2.82 bits per heavy atom. The number of carbonyl (C=O) groups is 2. The molecule has 0 bridgehead atoms. The lowest BCUT2D eigenvalue weighted by atomic mass is 10.2. The monoisotopic (exact) mass is 498 g/mol. The van der Waals surface area contributed by atoms with Crippen LogP contribution in [-0.2, 0) is 17.9 Å². The number of amides is 2. The lowest BCUT2D eigenvalue weighted by molar-refractivity contribution is -0.113. The molecule has 0 aliphatic carbocycles. The molecule has 0 fully saturated rings. The highest BCUT2D eigenvalue weighted by Crippen LogP contribution is 2.26. The number of para-hydroxylation sites is 1. The van der Waals surface area contributed by atoms with E-state index in [1.54, 1.807) is 34.9 Å². The third-order valence-electron chi connectivity index (χ3n) is 4.47. The molecule has 8 nitrogen and oxygen atoms in total. The van der Waals surface area contributed by atoms with Crippen LogP contribution in [0.5, 0.6) is 0 Å². The zero-order chi connectivity index (χ0) is 23.2. The Kier molecular flexibility index (Phi) is 7.38. The highest BCUT2D eigenvalue weighted by atomic mass is 35.5. The van der Waals surface area contributed by atoms with Crippen molar-refractivity contribution in [1.82, 2.24) is 25.1 Å². The molecule has 2 aromatic carbocycles. The van der Waals surface area contributed by atoms with Crippen molar-refractivity contribution in [3.8, 4) is 0 Å². The van der Waals surface area contributed by atoms with Gasteiger partial charge in [0.1, 0.15) is 0 Å². The van der Waals surface area contributed by atoms with Gasteiger partial charge >= 0.3 is 0 Å². The molecule has 0 saturated carbocycles. The van der Waals surface area contributed by atoms with Gasteiger partial charge in [-0.1, -0.05) is 59.0 Å². The molecule has 0 aliphatic heterocycles. The first-order valence-corrected chi connectivity index (χ1v) is 12.1. The molecule has 0 aliphatic rings. The lowest BCUT2D eigenvalue weighted by Gasteiger charge is -2.09. The summed E-state index contributed by atoms with van der Waals surface area (Å²) in [5.41, 5.74) is 1.30. The Hall–Kier alpha value is -3.21. The second-order valence-electron chi connectivity index (χ2n) is 6.81. The summed E-state index contributed by atoms with van der Waals surface area (Å²) in [5.74, 6) is 0.234. The molecule has 0 spiro atoms. The zero-order valence-corrected chi connectivity index (χ0v) is 19.7. The molecular weight excluding hydrogens is 480 g/mol. The van der Waals surface area contributed by atoms with E-state index in [4.69, 9.17) is 11.6 Å². The molecule has 4 rings (SSSR count). The van der Waals surface area contributed by atoms with Crippen LogP contribution >= 0.6 is 34.7 Å². The van der Waals surface area contributed by atoms with Gasteiger partial charge in [0.05, 0.1) is 22.5 Å². The molecule has 4 aromatic rings. The van der Waals surface area contributed by atoms with Gasteiger partial charge in [-0.15, -0.1) is 16.8 Å². The molecule has 2 heterocycles. The van der Waals surface area contributed by atoms with E-state index in [-0.39, 0.29) is 24.1 Å². The minimum atomic E-state index is -0.268. The number of fused-ring (bicyclic) bond motifs is 1. The summed E-state index contributed by atoms with van der Waals surface area (Å²) in [4.78, 5) is 29.2. The van der Waals surface area contributed by atoms with E-state index < -0.39 is 0 Å². The van der Waals surface area contributed by atoms with Crippen LogP contribution in [0.1, 0.15) is 16.2 Å². The minimum absolute atomic E-state index is 0.139. The number of hydrogen-bond acceptors (Lipinski definition) is 7. The van der Waals surface area contributed by atoms with Gasteiger partial charge < -0.3 is 15.2 Å². The van der Waals surface area contributed by atoms with E-state index in [0.29, 0.717) is 33.2 Å². The highest BCUT2D eigenvalue weighted by molar-refractivity contribution is 7.99. The summed E-state index contributed by atoms with van der Waals surface area (Å²) < 4.78 is 2.82. The van der Waals surface area contributed by atoms with Crippen LogP contribution in [-0.4, -0.2) is 37.3 Å². The predicted octanol–water partition coefficient (Wildman–Crippen LogP) is 4.39. The van der Waals surface area contributed by atoms with E-state index in [1.807, 2.05) is 24.3 Å². The SMILES string of the molecule is C=CCn1c(CNC(=O)c2cccc(Cl)c2)nnc1SCC(=O)Nc1nc2ccccc2s1. The first kappa shape index (κ1) is 23.0. The van der Waals surface area contributed by atoms with Gasteiger partial charge in [0.2, 0.25) is 5.91 Å². The smallest absolute Gasteiger partial charge is 0.251 e. The maximum Gasteiger partial charge on any atom is 0.251 e. The topological polar surface area (TPSA) is 102 Å². The summed E-state index contributed by atoms with van der Waals surface area (Å²) in [6.07, 6.45) is 1.71. The number of thiazole rings is 1. The fraction of sp³-hybridized carbons (Fsp3) is 0.136. The van der Waals surface area contributed by atoms with Gasteiger partial charge in [0.25, 0.3) is 5.91 Å². The van der Waals surface area contributed by atoms with Crippen LogP contribution in [0.2, 0.25) is 5.02 Å². The largest absolute Gasteiger partial charge is 0.345 e. The number of rotatable bonds is 9. The second-order valence-corrected chi connectivity index (χ2v) is 9.22. The molecule has 0 unspecified atom stereocenters. The number of aromatic nitrogens is 4. The van der Waals surface area contributed by atoms with Gasteiger partial charge in [-0.2, -0.15) is 0 Å². The van der Waals surface area contributed by atoms with Crippen molar-refractivity contribution in [3.05, 3.63) is 77.6 Å². The van der Waals surface area contributed by atoms with Crippen molar-refractivity contribution >= 4 is 61.9 Å². The van der Waals surface area contributed by atoms with Crippen LogP contribution < -0.4 is 10.6 Å². The molecule has 0 atom stereocenters. The fourth-order valence-corrected chi connectivity index (χ4v) is 4.81. The number of nitrogens with zero attached hydrogens (tertiary/aromatic N) is 4. The number of anilines is 1. The van der Waals surface area contributed by atoms with E-state index in [9.17, 15) is 9.59 Å². The quantitative estimate of drug-likeness (QED) is 0.262. The lowest BCUT2D eigenvalue weighted by Crippen LogP contribution is -2.24. The van der Waals surface area contributed by atoms with Crippen molar-refractivity contribution in [2.75, 3.05) is 11.1 Å². The summed E-state index contributed by atoms with van der Waals surface area (Å²) in [7, 11) is 0. The Morgan fingerprint density at radius 1 is 1.18 bits per heavy atom. The van der Waals surface area contributed by atoms with Gasteiger partial charge in [-0.3, -0.25) is 9.59 Å². The molecule has 2 aromatic heterocycles. The maximum atomic E-state index is 12.4. The number of allylic oxidation sites excluding steroid dienone is 1. The molecule has 11 heteroatoms. The summed E-state index contributed by atoms with van der Waals surface area (Å²) in [6, 6.07) is 14.4. The molecule has 2 amide bonds. The Morgan fingerprint density at radius 2 is 2.03 bits per heavy atom. The first-order valence-electron chi connectivity index (χ1n) is 9.88. The Labute approximate surface area is 203 Å². The summed E-state index contributed by atoms with van der Waals surface area (Å²) >= 11 is 8.63. The highest BCUT2D eigenvalue weighted by Gasteiger charge is 2.16. The number of hydrogen-bond donors (Lipinski definition) is 2. The van der Waals surface area contributed by atoms with Crippen molar-refractivity contribution in [1.29, 1.82) is 0 Å². The van der Waals surface area contributed by atoms with Crippen LogP contribution in [0, 0.1) is 0 Å². The van der Waals surface area contributed by atoms with Crippen LogP contribution in [0.25, 0.3) is 10.2 Å². The summed E-state index contributed by atoms with van der Waals surface area (Å²) in [6.45, 7) is 4.38. The standard InChI is InChI=1S/C22H19ClN6O2S2/c1-2-10-29-18(12-24-20(31)14-6-5-7-15(23)11-14)27-28-22(29)32-13-19(30)26-21-25-16-8-3-4-9-17(16)33-21/h2-9,11H,1,10,12-13H2,(H,24,31)(H,25,26,30). The number of carbonyl (C=O) groups excluding carboxylic acids is 2. The molecule has 168 valence electrons. The second kappa shape index (κ2) is 10.6. The number of nitrogens with one attached hydrogen (secondary N) is 2. The van der Waals surface area contributed by atoms with E-state index >= 15 is 0 Å². The van der Waals surface area contributed by atoms with Gasteiger partial charge in [0.15, 0.2) is 16.1 Å². The van der Waals surface area contributed by atoms with Gasteiger partial charge in [0, 0.05) is 17.1 Å². The Balaban J connectivity index is 1.37. The fourth-order valence-electron chi connectivity index (χ4n) is 2.97. The van der Waals surface area contributed by atoms with Gasteiger partial charge in [-0.05, 0) is 30.3 Å². The summed E-state index contributed by atoms with van der Waals surface area (Å²) in [5, 5.41) is 15.6. The Bertz CT molecular complexity index is 1290. The third kappa shape index (κ3) is 5.78. The van der Waals surface area contributed by atoms with Crippen molar-refractivity contribution in [2.45, 2.75) is 18.2 Å². The zero-order valence-electron chi connectivity index (χ0n) is 17.3. The maximum absolute atomic E-state index is 12.4. The van der Waals surface area contributed by atoms with E-state index in [0.717, 1.165) is 10.2 Å². The molecular formula is C22H19ClN6O2S2.